The number of nitrogens with zero attached hydrogens (tertiary/aromatic N) is 1. The van der Waals surface area contributed by atoms with Gasteiger partial charge in [-0.2, -0.15) is 5.10 Å². The van der Waals surface area contributed by atoms with E-state index in [0.717, 1.165) is 12.0 Å². The quantitative estimate of drug-likeness (QED) is 0.755. The third-order valence-corrected chi connectivity index (χ3v) is 4.11. The summed E-state index contributed by atoms with van der Waals surface area (Å²) in [6.45, 7) is 3.79. The number of benzene rings is 1. The van der Waals surface area contributed by atoms with Crippen molar-refractivity contribution >= 4 is 23.4 Å². The van der Waals surface area contributed by atoms with Crippen molar-refractivity contribution in [1.29, 1.82) is 0 Å². The number of carbonyl (C=O) groups is 2. The van der Waals surface area contributed by atoms with Gasteiger partial charge in [0.05, 0.1) is 10.7 Å². The molecule has 0 radical (unpaired) electrons. The molecule has 0 aliphatic heterocycles. The average molecular weight is 335 g/mol. The summed E-state index contributed by atoms with van der Waals surface area (Å²) in [5, 5.41) is 9.95. The van der Waals surface area contributed by atoms with Gasteiger partial charge in [-0.3, -0.25) is 14.7 Å². The molecule has 7 heteroatoms. The molecule has 6 nitrogen and oxygen atoms in total. The third-order valence-electron chi connectivity index (χ3n) is 3.78. The van der Waals surface area contributed by atoms with Crippen LogP contribution in [0.15, 0.2) is 30.3 Å². The second kappa shape index (κ2) is 7.28. The molecule has 0 spiro atoms. The van der Waals surface area contributed by atoms with Crippen LogP contribution < -0.4 is 11.1 Å². The lowest BCUT2D eigenvalue weighted by Crippen LogP contribution is -2.48. The number of hydrogen-bond acceptors (Lipinski definition) is 3. The number of nitrogens with two attached hydrogens (primary N) is 1. The van der Waals surface area contributed by atoms with Crippen LogP contribution in [-0.4, -0.2) is 28.1 Å². The molecule has 0 saturated carbocycles. The zero-order chi connectivity index (χ0) is 17.0. The van der Waals surface area contributed by atoms with Crippen LogP contribution in [0.1, 0.15) is 30.8 Å². The number of primary amides is 1. The summed E-state index contributed by atoms with van der Waals surface area (Å²) in [6, 6.07) is 8.07. The van der Waals surface area contributed by atoms with Gasteiger partial charge in [-0.25, -0.2) is 0 Å². The van der Waals surface area contributed by atoms with Crippen molar-refractivity contribution in [2.45, 2.75) is 26.3 Å². The lowest BCUT2D eigenvalue weighted by molar-refractivity contribution is -0.120. The van der Waals surface area contributed by atoms with Crippen molar-refractivity contribution in [3.05, 3.63) is 41.0 Å². The molecule has 2 amide bonds. The van der Waals surface area contributed by atoms with Gasteiger partial charge < -0.3 is 11.1 Å². The highest BCUT2D eigenvalue weighted by molar-refractivity contribution is 6.33. The molecule has 2 atom stereocenters. The van der Waals surface area contributed by atoms with Crippen LogP contribution in [0.3, 0.4) is 0 Å². The zero-order valence-corrected chi connectivity index (χ0v) is 13.7. The molecule has 2 aromatic rings. The van der Waals surface area contributed by atoms with E-state index in [-0.39, 0.29) is 11.6 Å². The van der Waals surface area contributed by atoms with E-state index in [1.165, 1.54) is 0 Å². The molecule has 2 rings (SSSR count). The fourth-order valence-corrected chi connectivity index (χ4v) is 2.43. The van der Waals surface area contributed by atoms with E-state index >= 15 is 0 Å². The summed E-state index contributed by atoms with van der Waals surface area (Å²) in [7, 11) is 0. The molecular formula is C16H19ClN4O2. The molecule has 2 unspecified atom stereocenters. The van der Waals surface area contributed by atoms with Crippen molar-refractivity contribution in [1.82, 2.24) is 15.5 Å². The van der Waals surface area contributed by atoms with Crippen molar-refractivity contribution in [2.24, 2.45) is 11.7 Å². The Morgan fingerprint density at radius 1 is 1.39 bits per heavy atom. The summed E-state index contributed by atoms with van der Waals surface area (Å²) in [5.41, 5.74) is 6.88. The van der Waals surface area contributed by atoms with Crippen LogP contribution in [0.5, 0.6) is 0 Å². The number of hydrogen-bond donors (Lipinski definition) is 3. The van der Waals surface area contributed by atoms with Gasteiger partial charge in [0.1, 0.15) is 11.7 Å². The largest absolute Gasteiger partial charge is 0.368 e. The standard InChI is InChI=1S/C16H19ClN4O2/c1-3-9(2)14(15(18)22)19-16(23)13-8-12(20-21-13)10-6-4-5-7-11(10)17/h4-9,14H,3H2,1-2H3,(H2,18,22)(H,19,23)(H,20,21). The molecular weight excluding hydrogens is 316 g/mol. The first-order valence-electron chi connectivity index (χ1n) is 7.34. The Morgan fingerprint density at radius 2 is 2.09 bits per heavy atom. The van der Waals surface area contributed by atoms with E-state index < -0.39 is 17.9 Å². The zero-order valence-electron chi connectivity index (χ0n) is 13.0. The van der Waals surface area contributed by atoms with Gasteiger partial charge in [0.2, 0.25) is 5.91 Å². The van der Waals surface area contributed by atoms with Crippen LogP contribution in [0.25, 0.3) is 11.3 Å². The fourth-order valence-electron chi connectivity index (χ4n) is 2.19. The van der Waals surface area contributed by atoms with Crippen LogP contribution in [0, 0.1) is 5.92 Å². The van der Waals surface area contributed by atoms with Gasteiger partial charge in [0.15, 0.2) is 0 Å². The summed E-state index contributed by atoms with van der Waals surface area (Å²) < 4.78 is 0. The van der Waals surface area contributed by atoms with E-state index in [1.54, 1.807) is 12.1 Å². The molecule has 1 heterocycles. The Labute approximate surface area is 139 Å². The molecule has 23 heavy (non-hydrogen) atoms. The number of carbonyl (C=O) groups excluding carboxylic acids is 2. The Balaban J connectivity index is 2.18. The van der Waals surface area contributed by atoms with E-state index in [9.17, 15) is 9.59 Å². The van der Waals surface area contributed by atoms with E-state index in [0.29, 0.717) is 10.7 Å². The molecule has 4 N–H and O–H groups in total. The summed E-state index contributed by atoms with van der Waals surface area (Å²) in [6.07, 6.45) is 0.724. The SMILES string of the molecule is CCC(C)C(NC(=O)c1cc(-c2ccccc2Cl)n[nH]1)C(N)=O. The van der Waals surface area contributed by atoms with E-state index in [2.05, 4.69) is 15.5 Å². The monoisotopic (exact) mass is 334 g/mol. The van der Waals surface area contributed by atoms with Gasteiger partial charge >= 0.3 is 0 Å². The molecule has 0 bridgehead atoms. The highest BCUT2D eigenvalue weighted by Gasteiger charge is 2.25. The maximum absolute atomic E-state index is 12.3. The smallest absolute Gasteiger partial charge is 0.269 e. The van der Waals surface area contributed by atoms with Crippen LogP contribution >= 0.6 is 11.6 Å². The molecule has 0 fully saturated rings. The van der Waals surface area contributed by atoms with Crippen molar-refractivity contribution in [3.8, 4) is 11.3 Å². The number of amides is 2. The van der Waals surface area contributed by atoms with Gasteiger partial charge in [-0.15, -0.1) is 0 Å². The molecule has 1 aromatic carbocycles. The van der Waals surface area contributed by atoms with Crippen LogP contribution in [0.4, 0.5) is 0 Å². The summed E-state index contributed by atoms with van der Waals surface area (Å²) in [5.74, 6) is -1.04. The van der Waals surface area contributed by atoms with Crippen LogP contribution in [0.2, 0.25) is 5.02 Å². The topological polar surface area (TPSA) is 101 Å². The number of H-pyrrole nitrogens is 1. The third kappa shape index (κ3) is 3.90. The van der Waals surface area contributed by atoms with Gasteiger partial charge in [0.25, 0.3) is 5.91 Å². The van der Waals surface area contributed by atoms with Crippen molar-refractivity contribution < 1.29 is 9.59 Å². The maximum atomic E-state index is 12.3. The Bertz CT molecular complexity index is 714. The number of rotatable bonds is 6. The molecule has 0 aliphatic carbocycles. The second-order valence-electron chi connectivity index (χ2n) is 5.39. The summed E-state index contributed by atoms with van der Waals surface area (Å²) >= 11 is 6.12. The van der Waals surface area contributed by atoms with Gasteiger partial charge in [-0.05, 0) is 18.1 Å². The lowest BCUT2D eigenvalue weighted by atomic mass is 9.98. The fraction of sp³-hybridized carbons (Fsp3) is 0.312. The Morgan fingerprint density at radius 3 is 2.70 bits per heavy atom. The number of nitrogens with one attached hydrogen (secondary N) is 2. The predicted molar refractivity (Wildman–Crippen MR) is 88.9 cm³/mol. The minimum atomic E-state index is -0.723. The van der Waals surface area contributed by atoms with E-state index in [4.69, 9.17) is 17.3 Å². The molecule has 0 saturated heterocycles. The first kappa shape index (κ1) is 17.0. The van der Waals surface area contributed by atoms with Crippen LogP contribution in [-0.2, 0) is 4.79 Å². The highest BCUT2D eigenvalue weighted by Crippen LogP contribution is 2.26. The lowest BCUT2D eigenvalue weighted by Gasteiger charge is -2.20. The molecule has 122 valence electrons. The number of halogens is 1. The first-order valence-corrected chi connectivity index (χ1v) is 7.72. The molecule has 0 aliphatic rings. The van der Waals surface area contributed by atoms with Crippen molar-refractivity contribution in [3.63, 3.8) is 0 Å². The minimum Gasteiger partial charge on any atom is -0.368 e. The second-order valence-corrected chi connectivity index (χ2v) is 5.79. The van der Waals surface area contributed by atoms with Crippen molar-refractivity contribution in [2.75, 3.05) is 0 Å². The first-order chi connectivity index (χ1) is 10.9. The van der Waals surface area contributed by atoms with Gasteiger partial charge in [-0.1, -0.05) is 50.1 Å². The summed E-state index contributed by atoms with van der Waals surface area (Å²) in [4.78, 5) is 23.8. The van der Waals surface area contributed by atoms with E-state index in [1.807, 2.05) is 32.0 Å². The Hall–Kier alpha value is -2.34. The average Bonchev–Trinajstić information content (AvgIpc) is 3.01. The molecule has 1 aromatic heterocycles. The highest BCUT2D eigenvalue weighted by atomic mass is 35.5. The minimum absolute atomic E-state index is 0.0533. The normalized spacial score (nSPS) is 13.3. The number of aromatic nitrogens is 2. The Kier molecular flexibility index (Phi) is 5.39. The predicted octanol–water partition coefficient (Wildman–Crippen LogP) is 2.36. The number of aromatic amines is 1. The maximum Gasteiger partial charge on any atom is 0.269 e. The van der Waals surface area contributed by atoms with Gasteiger partial charge in [0, 0.05) is 5.56 Å².